The van der Waals surface area contributed by atoms with Crippen molar-refractivity contribution in [2.24, 2.45) is 0 Å². The zero-order valence-electron chi connectivity index (χ0n) is 11.9. The molecular formula is C13H19NO4S2. The number of alkyl carbamates (subject to hydrolysis) is 1. The standard InChI is InChI=1S/C13H19NO4S2/c1-13(2,3)18-12(16)14-9(8-5-6-20-7-8)10(19)11(15)17-4/h5-7,9-10,19H,1-4H3,(H,14,16). The Morgan fingerprint density at radius 1 is 1.40 bits per heavy atom. The summed E-state index contributed by atoms with van der Waals surface area (Å²) in [6, 6.07) is 1.21. The molecule has 0 saturated carbocycles. The average Bonchev–Trinajstić information content (AvgIpc) is 2.85. The van der Waals surface area contributed by atoms with Gasteiger partial charge in [-0.15, -0.1) is 0 Å². The summed E-state index contributed by atoms with van der Waals surface area (Å²) in [5, 5.41) is 5.56. The molecule has 2 unspecified atom stereocenters. The Balaban J connectivity index is 2.84. The number of amides is 1. The molecule has 7 heteroatoms. The molecule has 1 aromatic rings. The molecule has 1 N–H and O–H groups in total. The molecule has 1 heterocycles. The third-order valence-electron chi connectivity index (χ3n) is 2.33. The zero-order chi connectivity index (χ0) is 15.3. The maximum atomic E-state index is 11.9. The fourth-order valence-corrected chi connectivity index (χ4v) is 2.54. The Labute approximate surface area is 128 Å². The first-order valence-electron chi connectivity index (χ1n) is 6.02. The number of rotatable bonds is 4. The van der Waals surface area contributed by atoms with Gasteiger partial charge in [0.1, 0.15) is 10.9 Å². The largest absolute Gasteiger partial charge is 0.468 e. The van der Waals surface area contributed by atoms with E-state index in [1.54, 1.807) is 20.8 Å². The first-order valence-corrected chi connectivity index (χ1v) is 7.48. The number of nitrogens with one attached hydrogen (secondary N) is 1. The van der Waals surface area contributed by atoms with Gasteiger partial charge >= 0.3 is 12.1 Å². The van der Waals surface area contributed by atoms with Crippen molar-refractivity contribution in [1.82, 2.24) is 5.32 Å². The van der Waals surface area contributed by atoms with E-state index in [-0.39, 0.29) is 0 Å². The van der Waals surface area contributed by atoms with E-state index in [1.807, 2.05) is 16.8 Å². The number of thiol groups is 1. The highest BCUT2D eigenvalue weighted by atomic mass is 32.1. The van der Waals surface area contributed by atoms with Crippen LogP contribution < -0.4 is 5.32 Å². The maximum absolute atomic E-state index is 11.9. The molecule has 112 valence electrons. The number of esters is 1. The lowest BCUT2D eigenvalue weighted by atomic mass is 10.1. The number of carbonyl (C=O) groups excluding carboxylic acids is 2. The van der Waals surface area contributed by atoms with Crippen LogP contribution in [0.1, 0.15) is 32.4 Å². The van der Waals surface area contributed by atoms with Gasteiger partial charge in [-0.05, 0) is 43.2 Å². The smallest absolute Gasteiger partial charge is 0.408 e. The highest BCUT2D eigenvalue weighted by Crippen LogP contribution is 2.24. The number of carbonyl (C=O) groups is 2. The van der Waals surface area contributed by atoms with Crippen LogP contribution >= 0.6 is 24.0 Å². The van der Waals surface area contributed by atoms with Gasteiger partial charge in [-0.2, -0.15) is 24.0 Å². The summed E-state index contributed by atoms with van der Waals surface area (Å²) in [6.45, 7) is 5.31. The van der Waals surface area contributed by atoms with Crippen molar-refractivity contribution in [3.63, 3.8) is 0 Å². The minimum absolute atomic E-state index is 0.513. The highest BCUT2D eigenvalue weighted by molar-refractivity contribution is 7.81. The molecule has 20 heavy (non-hydrogen) atoms. The molecule has 2 atom stereocenters. The molecule has 0 saturated heterocycles. The number of thiophene rings is 1. The Morgan fingerprint density at radius 2 is 2.05 bits per heavy atom. The normalized spacial score (nSPS) is 14.2. The van der Waals surface area contributed by atoms with E-state index >= 15 is 0 Å². The molecule has 0 fully saturated rings. The molecule has 0 aliphatic rings. The van der Waals surface area contributed by atoms with Crippen molar-refractivity contribution in [2.45, 2.75) is 37.7 Å². The minimum atomic E-state index is -0.804. The monoisotopic (exact) mass is 317 g/mol. The number of ether oxygens (including phenoxy) is 2. The topological polar surface area (TPSA) is 64.6 Å². The van der Waals surface area contributed by atoms with Gasteiger partial charge in [-0.1, -0.05) is 0 Å². The van der Waals surface area contributed by atoms with Gasteiger partial charge in [-0.3, -0.25) is 4.79 Å². The Kier molecular flexibility index (Phi) is 5.88. The molecule has 0 aromatic carbocycles. The summed E-state index contributed by atoms with van der Waals surface area (Å²) < 4.78 is 9.87. The van der Waals surface area contributed by atoms with E-state index in [4.69, 9.17) is 4.74 Å². The van der Waals surface area contributed by atoms with Gasteiger partial charge in [0.25, 0.3) is 0 Å². The Hall–Kier alpha value is -1.21. The van der Waals surface area contributed by atoms with Crippen molar-refractivity contribution in [2.75, 3.05) is 7.11 Å². The first-order chi connectivity index (χ1) is 9.24. The summed E-state index contributed by atoms with van der Waals surface area (Å²) in [5.41, 5.74) is 0.173. The van der Waals surface area contributed by atoms with Crippen LogP contribution in [0.3, 0.4) is 0 Å². The molecular weight excluding hydrogens is 298 g/mol. The molecule has 5 nitrogen and oxygen atoms in total. The summed E-state index contributed by atoms with van der Waals surface area (Å²) in [4.78, 5) is 23.5. The second-order valence-corrected chi connectivity index (χ2v) is 6.48. The number of hydrogen-bond donors (Lipinski definition) is 2. The van der Waals surface area contributed by atoms with Gasteiger partial charge in [0.15, 0.2) is 0 Å². The van der Waals surface area contributed by atoms with Crippen LogP contribution in [-0.4, -0.2) is 30.0 Å². The van der Waals surface area contributed by atoms with Gasteiger partial charge in [0, 0.05) is 0 Å². The second-order valence-electron chi connectivity index (χ2n) is 5.15. The fraction of sp³-hybridized carbons (Fsp3) is 0.538. The molecule has 0 spiro atoms. The molecule has 0 radical (unpaired) electrons. The molecule has 0 aliphatic carbocycles. The van der Waals surface area contributed by atoms with Crippen LogP contribution in [0.4, 0.5) is 4.79 Å². The summed E-state index contributed by atoms with van der Waals surface area (Å²) in [5.74, 6) is -0.513. The van der Waals surface area contributed by atoms with Crippen molar-refractivity contribution in [3.05, 3.63) is 22.4 Å². The summed E-state index contributed by atoms with van der Waals surface area (Å²) >= 11 is 5.70. The van der Waals surface area contributed by atoms with Crippen molar-refractivity contribution in [3.8, 4) is 0 Å². The maximum Gasteiger partial charge on any atom is 0.408 e. The lowest BCUT2D eigenvalue weighted by molar-refractivity contribution is -0.140. The number of methoxy groups -OCH3 is 1. The predicted octanol–water partition coefficient (Wildman–Crippen LogP) is 2.79. The van der Waals surface area contributed by atoms with Crippen LogP contribution in [-0.2, 0) is 14.3 Å². The average molecular weight is 317 g/mol. The lowest BCUT2D eigenvalue weighted by Crippen LogP contribution is -2.40. The Bertz CT molecular complexity index is 453. The predicted molar refractivity (Wildman–Crippen MR) is 81.2 cm³/mol. The van der Waals surface area contributed by atoms with E-state index in [2.05, 4.69) is 22.7 Å². The molecule has 1 rings (SSSR count). The minimum Gasteiger partial charge on any atom is -0.468 e. The van der Waals surface area contributed by atoms with E-state index in [0.29, 0.717) is 0 Å². The molecule has 1 aromatic heterocycles. The Morgan fingerprint density at radius 3 is 2.50 bits per heavy atom. The lowest BCUT2D eigenvalue weighted by Gasteiger charge is -2.25. The summed E-state index contributed by atoms with van der Waals surface area (Å²) in [6.07, 6.45) is -0.600. The van der Waals surface area contributed by atoms with Crippen LogP contribution in [0.15, 0.2) is 16.8 Å². The SMILES string of the molecule is COC(=O)C(S)C(NC(=O)OC(C)(C)C)c1ccsc1. The molecule has 0 bridgehead atoms. The van der Waals surface area contributed by atoms with Crippen LogP contribution in [0.25, 0.3) is 0 Å². The van der Waals surface area contributed by atoms with Crippen molar-refractivity contribution < 1.29 is 19.1 Å². The van der Waals surface area contributed by atoms with E-state index in [9.17, 15) is 9.59 Å². The van der Waals surface area contributed by atoms with Crippen LogP contribution in [0, 0.1) is 0 Å². The third-order valence-corrected chi connectivity index (χ3v) is 3.54. The number of hydrogen-bond acceptors (Lipinski definition) is 6. The third kappa shape index (κ3) is 5.05. The van der Waals surface area contributed by atoms with Crippen molar-refractivity contribution >= 4 is 36.0 Å². The van der Waals surface area contributed by atoms with Crippen molar-refractivity contribution in [1.29, 1.82) is 0 Å². The highest BCUT2D eigenvalue weighted by Gasteiger charge is 2.30. The zero-order valence-corrected chi connectivity index (χ0v) is 13.6. The van der Waals surface area contributed by atoms with Crippen LogP contribution in [0.2, 0.25) is 0 Å². The van der Waals surface area contributed by atoms with E-state index < -0.39 is 29.0 Å². The van der Waals surface area contributed by atoms with E-state index in [0.717, 1.165) is 5.56 Å². The molecule has 0 aliphatic heterocycles. The van der Waals surface area contributed by atoms with Gasteiger partial charge in [0.05, 0.1) is 13.2 Å². The van der Waals surface area contributed by atoms with E-state index in [1.165, 1.54) is 18.4 Å². The van der Waals surface area contributed by atoms with Gasteiger partial charge < -0.3 is 14.8 Å². The van der Waals surface area contributed by atoms with Crippen LogP contribution in [0.5, 0.6) is 0 Å². The second kappa shape index (κ2) is 6.99. The fourth-order valence-electron chi connectivity index (χ4n) is 1.49. The van der Waals surface area contributed by atoms with Gasteiger partial charge in [-0.25, -0.2) is 4.79 Å². The first kappa shape index (κ1) is 16.8. The molecule has 1 amide bonds. The quantitative estimate of drug-likeness (QED) is 0.662. The summed E-state index contributed by atoms with van der Waals surface area (Å²) in [7, 11) is 1.28. The van der Waals surface area contributed by atoms with Gasteiger partial charge in [0.2, 0.25) is 0 Å².